The van der Waals surface area contributed by atoms with Crippen molar-refractivity contribution in [1.29, 1.82) is 0 Å². The summed E-state index contributed by atoms with van der Waals surface area (Å²) < 4.78 is 1.88. The minimum Gasteiger partial charge on any atom is -0.481 e. The molecule has 2 aliphatic rings. The average molecular weight is 284 g/mol. The lowest BCUT2D eigenvalue weighted by molar-refractivity contribution is -0.136. The summed E-state index contributed by atoms with van der Waals surface area (Å²) in [5, 5.41) is 13.9. The van der Waals surface area contributed by atoms with E-state index in [0.29, 0.717) is 17.3 Å². The number of nitrogens with zero attached hydrogens (tertiary/aromatic N) is 2. The highest BCUT2D eigenvalue weighted by molar-refractivity contribution is 5.81. The first kappa shape index (κ1) is 12.6. The van der Waals surface area contributed by atoms with Gasteiger partial charge in [-0.1, -0.05) is 6.07 Å². The Bertz CT molecular complexity index is 801. The van der Waals surface area contributed by atoms with Crippen LogP contribution in [0.5, 0.6) is 0 Å². The molecule has 0 aliphatic heterocycles. The van der Waals surface area contributed by atoms with Gasteiger partial charge >= 0.3 is 5.97 Å². The van der Waals surface area contributed by atoms with Crippen LogP contribution in [0.3, 0.4) is 0 Å². The molecule has 0 atom stereocenters. The molecule has 5 nitrogen and oxygen atoms in total. The monoisotopic (exact) mass is 284 g/mol. The minimum absolute atomic E-state index is 0.140. The zero-order chi connectivity index (χ0) is 14.6. The highest BCUT2D eigenvalue weighted by Gasteiger charge is 2.29. The van der Waals surface area contributed by atoms with E-state index in [1.54, 1.807) is 0 Å². The summed E-state index contributed by atoms with van der Waals surface area (Å²) in [7, 11) is 0. The van der Waals surface area contributed by atoms with E-state index in [1.807, 2.05) is 16.8 Å². The van der Waals surface area contributed by atoms with Gasteiger partial charge in [-0.3, -0.25) is 14.3 Å². The van der Waals surface area contributed by atoms with Crippen LogP contribution in [0.15, 0.2) is 23.0 Å². The van der Waals surface area contributed by atoms with Gasteiger partial charge in [-0.25, -0.2) is 0 Å². The van der Waals surface area contributed by atoms with E-state index in [4.69, 9.17) is 5.11 Å². The maximum Gasteiger partial charge on any atom is 0.309 e. The molecule has 108 valence electrons. The van der Waals surface area contributed by atoms with Gasteiger partial charge in [0, 0.05) is 5.39 Å². The molecule has 5 heteroatoms. The number of hydrogen-bond donors (Lipinski definition) is 1. The van der Waals surface area contributed by atoms with Gasteiger partial charge in [0.1, 0.15) is 5.69 Å². The van der Waals surface area contributed by atoms with Gasteiger partial charge in [0.05, 0.1) is 18.0 Å². The zero-order valence-electron chi connectivity index (χ0n) is 11.6. The third-order valence-corrected chi connectivity index (χ3v) is 4.26. The molecule has 0 saturated heterocycles. The number of rotatable bonds is 4. The van der Waals surface area contributed by atoms with Crippen molar-refractivity contribution in [3.8, 4) is 0 Å². The largest absolute Gasteiger partial charge is 0.481 e. The van der Waals surface area contributed by atoms with Gasteiger partial charge < -0.3 is 5.11 Å². The van der Waals surface area contributed by atoms with Gasteiger partial charge in [-0.05, 0) is 49.3 Å². The highest BCUT2D eigenvalue weighted by atomic mass is 16.4. The smallest absolute Gasteiger partial charge is 0.309 e. The summed E-state index contributed by atoms with van der Waals surface area (Å²) >= 11 is 0. The van der Waals surface area contributed by atoms with Crippen LogP contribution < -0.4 is 5.43 Å². The molecule has 1 aromatic carbocycles. The first-order valence-corrected chi connectivity index (χ1v) is 7.40. The van der Waals surface area contributed by atoms with E-state index in [1.165, 1.54) is 18.4 Å². The van der Waals surface area contributed by atoms with E-state index >= 15 is 0 Å². The predicted molar refractivity (Wildman–Crippen MR) is 77.6 cm³/mol. The number of carboxylic acids is 1. The molecule has 0 radical (unpaired) electrons. The second kappa shape index (κ2) is 4.41. The molecule has 0 bridgehead atoms. The summed E-state index contributed by atoms with van der Waals surface area (Å²) in [6.07, 6.45) is 4.20. The standard InChI is InChI=1S/C16H16N2O3/c19-15(20)8-13-16(21)12-6-3-10(9-1-2-9)7-14(12)18(17-13)11-4-5-11/h3,6-7,9,11H,1-2,4-5,8H2,(H,19,20). The number of fused-ring (bicyclic) bond motifs is 1. The van der Waals surface area contributed by atoms with Crippen molar-refractivity contribution in [1.82, 2.24) is 9.78 Å². The molecule has 4 rings (SSSR count). The third-order valence-electron chi connectivity index (χ3n) is 4.26. The third kappa shape index (κ3) is 2.22. The van der Waals surface area contributed by atoms with Crippen molar-refractivity contribution in [2.24, 2.45) is 0 Å². The number of hydrogen-bond acceptors (Lipinski definition) is 3. The lowest BCUT2D eigenvalue weighted by Crippen LogP contribution is -2.21. The van der Waals surface area contributed by atoms with Crippen LogP contribution in [0.1, 0.15) is 48.9 Å². The number of carbonyl (C=O) groups is 1. The average Bonchev–Trinajstić information content (AvgIpc) is 3.33. The van der Waals surface area contributed by atoms with E-state index in [9.17, 15) is 9.59 Å². The van der Waals surface area contributed by atoms with Crippen molar-refractivity contribution in [3.05, 3.63) is 39.7 Å². The summed E-state index contributed by atoms with van der Waals surface area (Å²) in [6.45, 7) is 0. The Hall–Kier alpha value is -2.17. The van der Waals surface area contributed by atoms with Crippen LogP contribution in [0.4, 0.5) is 0 Å². The molecule has 0 unspecified atom stereocenters. The number of carboxylic acid groups (broad SMARTS) is 1. The molecule has 0 spiro atoms. The summed E-state index contributed by atoms with van der Waals surface area (Å²) in [4.78, 5) is 23.3. The Kier molecular flexibility index (Phi) is 2.64. The lowest BCUT2D eigenvalue weighted by Gasteiger charge is -2.12. The molecular formula is C16H16N2O3. The first-order valence-electron chi connectivity index (χ1n) is 7.40. The van der Waals surface area contributed by atoms with E-state index in [0.717, 1.165) is 18.4 Å². The SMILES string of the molecule is O=C(O)Cc1nn(C2CC2)c2cc(C3CC3)ccc2c1=O. The molecule has 1 N–H and O–H groups in total. The van der Waals surface area contributed by atoms with Crippen molar-refractivity contribution in [3.63, 3.8) is 0 Å². The summed E-state index contributed by atoms with van der Waals surface area (Å²) in [6, 6.07) is 6.24. The van der Waals surface area contributed by atoms with Crippen molar-refractivity contribution in [2.75, 3.05) is 0 Å². The van der Waals surface area contributed by atoms with Gasteiger partial charge in [0.2, 0.25) is 5.43 Å². The lowest BCUT2D eigenvalue weighted by atomic mass is 10.1. The summed E-state index contributed by atoms with van der Waals surface area (Å²) in [5.41, 5.74) is 2.03. The van der Waals surface area contributed by atoms with Crippen LogP contribution in [-0.4, -0.2) is 20.9 Å². The molecule has 2 aliphatic carbocycles. The van der Waals surface area contributed by atoms with E-state index in [2.05, 4.69) is 11.2 Å². The second-order valence-electron chi connectivity index (χ2n) is 6.07. The molecule has 21 heavy (non-hydrogen) atoms. The Morgan fingerprint density at radius 3 is 2.67 bits per heavy atom. The number of aromatic nitrogens is 2. The predicted octanol–water partition coefficient (Wildman–Crippen LogP) is 2.24. The Morgan fingerprint density at radius 1 is 1.29 bits per heavy atom. The topological polar surface area (TPSA) is 72.2 Å². The highest BCUT2D eigenvalue weighted by Crippen LogP contribution is 2.42. The van der Waals surface area contributed by atoms with Gasteiger partial charge in [0.15, 0.2) is 0 Å². The van der Waals surface area contributed by atoms with Gasteiger partial charge in [0.25, 0.3) is 0 Å². The Labute approximate surface area is 121 Å². The van der Waals surface area contributed by atoms with Crippen LogP contribution in [0, 0.1) is 0 Å². The normalized spacial score (nSPS) is 18.1. The van der Waals surface area contributed by atoms with Crippen LogP contribution in [0.25, 0.3) is 10.9 Å². The Morgan fingerprint density at radius 2 is 2.05 bits per heavy atom. The quantitative estimate of drug-likeness (QED) is 0.934. The van der Waals surface area contributed by atoms with Gasteiger partial charge in [-0.2, -0.15) is 5.10 Å². The molecule has 2 saturated carbocycles. The number of aliphatic carboxylic acids is 1. The first-order chi connectivity index (χ1) is 10.1. The van der Waals surface area contributed by atoms with Crippen molar-refractivity contribution < 1.29 is 9.90 Å². The maximum absolute atomic E-state index is 12.4. The van der Waals surface area contributed by atoms with Crippen LogP contribution in [0.2, 0.25) is 0 Å². The molecule has 0 amide bonds. The molecular weight excluding hydrogens is 268 g/mol. The Balaban J connectivity index is 1.94. The minimum atomic E-state index is -1.02. The molecule has 2 aromatic rings. The van der Waals surface area contributed by atoms with E-state index in [-0.39, 0.29) is 17.5 Å². The maximum atomic E-state index is 12.4. The fraction of sp³-hybridized carbons (Fsp3) is 0.438. The number of benzene rings is 1. The fourth-order valence-electron chi connectivity index (χ4n) is 2.84. The zero-order valence-corrected chi connectivity index (χ0v) is 11.6. The van der Waals surface area contributed by atoms with Gasteiger partial charge in [-0.15, -0.1) is 0 Å². The van der Waals surface area contributed by atoms with E-state index < -0.39 is 5.97 Å². The fourth-order valence-corrected chi connectivity index (χ4v) is 2.84. The van der Waals surface area contributed by atoms with Crippen LogP contribution in [-0.2, 0) is 11.2 Å². The second-order valence-corrected chi connectivity index (χ2v) is 6.07. The van der Waals surface area contributed by atoms with Crippen LogP contribution >= 0.6 is 0 Å². The van der Waals surface area contributed by atoms with Crippen molar-refractivity contribution >= 4 is 16.9 Å². The molecule has 2 fully saturated rings. The molecule has 1 heterocycles. The van der Waals surface area contributed by atoms with Crippen molar-refractivity contribution in [2.45, 2.75) is 44.1 Å². The summed E-state index contributed by atoms with van der Waals surface area (Å²) in [5.74, 6) is -0.397. The molecule has 1 aromatic heterocycles.